The van der Waals surface area contributed by atoms with Crippen LogP contribution in [0.4, 0.5) is 0 Å². The van der Waals surface area contributed by atoms with E-state index in [0.29, 0.717) is 0 Å². The van der Waals surface area contributed by atoms with Gasteiger partial charge >= 0.3 is 88.7 Å². The van der Waals surface area contributed by atoms with Crippen molar-refractivity contribution < 1.29 is 97.5 Å². The monoisotopic (exact) mass is 120 g/mol. The SMILES string of the molecule is O=P.[H-].[H-].[H-].[Na+].[Na+].[Na+]. The van der Waals surface area contributed by atoms with Gasteiger partial charge in [0.1, 0.15) is 9.12 Å². The van der Waals surface area contributed by atoms with Crippen molar-refractivity contribution in [3.05, 3.63) is 0 Å². The van der Waals surface area contributed by atoms with Crippen LogP contribution in [0.1, 0.15) is 4.28 Å². The molecule has 0 aromatic heterocycles. The molecule has 0 atom stereocenters. The minimum Gasteiger partial charge on any atom is -1.00 e. The van der Waals surface area contributed by atoms with Gasteiger partial charge in [0, 0.05) is 0 Å². The number of hydrogen-bond acceptors (Lipinski definition) is 1. The zero-order chi connectivity index (χ0) is 2.00. The third kappa shape index (κ3) is 19.2. The van der Waals surface area contributed by atoms with Crippen LogP contribution in [0.3, 0.4) is 0 Å². The standard InChI is InChI=1S/3Na.HOP.3H/c;;;1-2;;;/h;;;2H;;;/q3*+1;;3*-1. The van der Waals surface area contributed by atoms with E-state index in [1.807, 2.05) is 0 Å². The third-order valence-electron chi connectivity index (χ3n) is 0. The average Bonchev–Trinajstić information content (AvgIpc) is 1.00. The molecular formula is H4Na3OP. The fourth-order valence-corrected chi connectivity index (χ4v) is 0. The van der Waals surface area contributed by atoms with Gasteiger partial charge in [-0.2, -0.15) is 0 Å². The van der Waals surface area contributed by atoms with Crippen LogP contribution in [0.15, 0.2) is 0 Å². The maximum atomic E-state index is 8.06. The summed E-state index contributed by atoms with van der Waals surface area (Å²) in [5.74, 6) is 0. The summed E-state index contributed by atoms with van der Waals surface area (Å²) in [4.78, 5) is 0. The molecule has 0 unspecified atom stereocenters. The fourth-order valence-electron chi connectivity index (χ4n) is 0. The molecule has 0 amide bonds. The van der Waals surface area contributed by atoms with Crippen LogP contribution < -0.4 is 88.7 Å². The van der Waals surface area contributed by atoms with Gasteiger partial charge in [0.05, 0.1) is 0 Å². The van der Waals surface area contributed by atoms with Gasteiger partial charge in [-0.3, -0.25) is 4.57 Å². The summed E-state index contributed by atoms with van der Waals surface area (Å²) >= 11 is 0. The van der Waals surface area contributed by atoms with Crippen LogP contribution in [-0.2, 0) is 4.57 Å². The van der Waals surface area contributed by atoms with E-state index in [-0.39, 0.29) is 93.0 Å². The third-order valence-corrected chi connectivity index (χ3v) is 0. The Balaban J connectivity index is -0.000000000333. The molecule has 0 heterocycles. The van der Waals surface area contributed by atoms with E-state index in [2.05, 4.69) is 0 Å². The molecule has 0 radical (unpaired) electrons. The molecule has 0 aliphatic carbocycles. The van der Waals surface area contributed by atoms with Gasteiger partial charge < -0.3 is 4.28 Å². The van der Waals surface area contributed by atoms with Crippen molar-refractivity contribution in [3.63, 3.8) is 0 Å². The molecule has 0 rings (SSSR count). The van der Waals surface area contributed by atoms with Gasteiger partial charge in [-0.1, -0.05) is 0 Å². The van der Waals surface area contributed by atoms with Crippen LogP contribution in [0, 0.1) is 0 Å². The van der Waals surface area contributed by atoms with E-state index < -0.39 is 0 Å². The van der Waals surface area contributed by atoms with Crippen molar-refractivity contribution in [2.24, 2.45) is 0 Å². The largest absolute Gasteiger partial charge is 1.00 e. The Morgan fingerprint density at radius 1 is 1.00 bits per heavy atom. The van der Waals surface area contributed by atoms with Crippen LogP contribution in [0.25, 0.3) is 0 Å². The summed E-state index contributed by atoms with van der Waals surface area (Å²) in [5.41, 5.74) is 0. The summed E-state index contributed by atoms with van der Waals surface area (Å²) in [6, 6.07) is 0. The molecule has 0 spiro atoms. The summed E-state index contributed by atoms with van der Waals surface area (Å²) in [5, 5.41) is 0. The van der Waals surface area contributed by atoms with Gasteiger partial charge in [0.15, 0.2) is 0 Å². The molecule has 0 bridgehead atoms. The predicted octanol–water partition coefficient (Wildman–Crippen LogP) is -8.18. The molecule has 5 heteroatoms. The molecule has 5 heavy (non-hydrogen) atoms. The molecule has 0 N–H and O–H groups in total. The Kier molecular flexibility index (Phi) is 134. The van der Waals surface area contributed by atoms with Crippen LogP contribution >= 0.6 is 9.12 Å². The summed E-state index contributed by atoms with van der Waals surface area (Å²) in [7, 11) is 1.72. The molecule has 0 aliphatic heterocycles. The minimum absolute atomic E-state index is 0. The maximum Gasteiger partial charge on any atom is 1.00 e. The van der Waals surface area contributed by atoms with Crippen molar-refractivity contribution in [3.8, 4) is 0 Å². The topological polar surface area (TPSA) is 17.1 Å². The first-order chi connectivity index (χ1) is 1.00. The molecule has 18 valence electrons. The Hall–Kier alpha value is 3.10. The first-order valence-electron chi connectivity index (χ1n) is 0.204. The number of rotatable bonds is 0. The second-order valence-electron chi connectivity index (χ2n) is 0. The Labute approximate surface area is 105 Å². The smallest absolute Gasteiger partial charge is 1.00 e. The van der Waals surface area contributed by atoms with E-state index in [0.717, 1.165) is 0 Å². The van der Waals surface area contributed by atoms with Crippen molar-refractivity contribution in [2.75, 3.05) is 0 Å². The minimum atomic E-state index is 0. The van der Waals surface area contributed by atoms with Gasteiger partial charge in [-0.25, -0.2) is 0 Å². The van der Waals surface area contributed by atoms with Crippen LogP contribution in [0.2, 0.25) is 0 Å². The molecule has 1 nitrogen and oxygen atoms in total. The van der Waals surface area contributed by atoms with Crippen LogP contribution in [-0.4, -0.2) is 0 Å². The molecule has 0 fully saturated rings. The first-order valence-corrected chi connectivity index (χ1v) is 0.612. The normalized spacial score (nSPS) is 0.800. The zero-order valence-electron chi connectivity index (χ0n) is 6.91. The van der Waals surface area contributed by atoms with Gasteiger partial charge in [-0.05, 0) is 0 Å². The van der Waals surface area contributed by atoms with Gasteiger partial charge in [0.25, 0.3) is 0 Å². The Morgan fingerprint density at radius 3 is 1.00 bits per heavy atom. The Bertz CT molecular complexity index is 14.5. The second-order valence-corrected chi connectivity index (χ2v) is 0. The van der Waals surface area contributed by atoms with E-state index in [1.165, 1.54) is 0 Å². The summed E-state index contributed by atoms with van der Waals surface area (Å²) < 4.78 is 8.06. The molecular weight excluding hydrogens is 116 g/mol. The average molecular weight is 120 g/mol. The van der Waals surface area contributed by atoms with Crippen molar-refractivity contribution in [1.82, 2.24) is 0 Å². The fraction of sp³-hybridized carbons (Fsp3) is 0. The molecule has 0 aliphatic rings. The van der Waals surface area contributed by atoms with E-state index >= 15 is 0 Å². The van der Waals surface area contributed by atoms with Crippen molar-refractivity contribution in [1.29, 1.82) is 0 Å². The van der Waals surface area contributed by atoms with Gasteiger partial charge in [-0.15, -0.1) is 0 Å². The Morgan fingerprint density at radius 2 is 1.00 bits per heavy atom. The van der Waals surface area contributed by atoms with Gasteiger partial charge in [0.2, 0.25) is 0 Å². The molecule has 0 aromatic rings. The van der Waals surface area contributed by atoms with Crippen molar-refractivity contribution in [2.45, 2.75) is 0 Å². The van der Waals surface area contributed by atoms with E-state index in [1.54, 1.807) is 9.12 Å². The van der Waals surface area contributed by atoms with Crippen molar-refractivity contribution >= 4 is 9.12 Å². The molecule has 0 aromatic carbocycles. The summed E-state index contributed by atoms with van der Waals surface area (Å²) in [6.45, 7) is 0. The summed E-state index contributed by atoms with van der Waals surface area (Å²) in [6.07, 6.45) is 0. The van der Waals surface area contributed by atoms with E-state index in [4.69, 9.17) is 4.57 Å². The second kappa shape index (κ2) is 27.5. The number of hydrogen-bond donors (Lipinski definition) is 0. The molecule has 0 saturated carbocycles. The first kappa shape index (κ1) is 24.3. The van der Waals surface area contributed by atoms with Crippen LogP contribution in [0.5, 0.6) is 0 Å². The quantitative estimate of drug-likeness (QED) is 0.229. The molecule has 0 saturated heterocycles. The maximum absolute atomic E-state index is 8.06. The predicted molar refractivity (Wildman–Crippen MR) is 12.3 cm³/mol. The zero-order valence-corrected chi connectivity index (χ0v) is 10.9. The van der Waals surface area contributed by atoms with E-state index in [9.17, 15) is 0 Å².